The van der Waals surface area contributed by atoms with Crippen molar-refractivity contribution in [3.8, 4) is 23.0 Å². The van der Waals surface area contributed by atoms with Gasteiger partial charge in [-0.15, -0.1) is 5.10 Å². The van der Waals surface area contributed by atoms with Crippen molar-refractivity contribution in [3.05, 3.63) is 59.9 Å². The number of hydrogen-bond acceptors (Lipinski definition) is 5. The molecule has 1 aliphatic carbocycles. The number of benzene rings is 2. The highest BCUT2D eigenvalue weighted by atomic mass is 19.1. The SMILES string of the molecule is N#Cc1ccc(-c2cc(NC[C@H]3CCC[C@H](N)C3)nn2-c2ccc(N3CCCC3)cc2)cc1F. The van der Waals surface area contributed by atoms with E-state index in [1.165, 1.54) is 43.5 Å². The van der Waals surface area contributed by atoms with Crippen LogP contribution in [0.25, 0.3) is 16.9 Å². The molecule has 1 saturated carbocycles. The fourth-order valence-electron chi connectivity index (χ4n) is 5.18. The molecule has 34 heavy (non-hydrogen) atoms. The second-order valence-electron chi connectivity index (χ2n) is 9.52. The van der Waals surface area contributed by atoms with Gasteiger partial charge in [-0.1, -0.05) is 12.5 Å². The number of nitrogens with zero attached hydrogens (tertiary/aromatic N) is 4. The van der Waals surface area contributed by atoms with Crippen LogP contribution in [-0.4, -0.2) is 35.5 Å². The number of hydrogen-bond donors (Lipinski definition) is 2. The van der Waals surface area contributed by atoms with E-state index in [1.807, 2.05) is 16.8 Å². The molecule has 2 aromatic carbocycles. The highest BCUT2D eigenvalue weighted by molar-refractivity contribution is 5.67. The van der Waals surface area contributed by atoms with Gasteiger partial charge in [-0.2, -0.15) is 5.26 Å². The average Bonchev–Trinajstić information content (AvgIpc) is 3.54. The molecule has 2 heterocycles. The van der Waals surface area contributed by atoms with Crippen LogP contribution in [0.3, 0.4) is 0 Å². The van der Waals surface area contributed by atoms with Crippen molar-refractivity contribution < 1.29 is 4.39 Å². The second-order valence-corrected chi connectivity index (χ2v) is 9.52. The number of anilines is 2. The van der Waals surface area contributed by atoms with Gasteiger partial charge in [0.25, 0.3) is 0 Å². The van der Waals surface area contributed by atoms with Crippen molar-refractivity contribution in [2.75, 3.05) is 29.9 Å². The molecule has 0 amide bonds. The molecule has 3 N–H and O–H groups in total. The minimum absolute atomic E-state index is 0.0387. The van der Waals surface area contributed by atoms with Crippen LogP contribution in [0, 0.1) is 23.1 Å². The molecule has 2 atom stereocenters. The third-order valence-electron chi connectivity index (χ3n) is 7.06. The molecule has 5 rings (SSSR count). The van der Waals surface area contributed by atoms with Crippen LogP contribution in [0.15, 0.2) is 48.5 Å². The molecule has 3 aromatic rings. The van der Waals surface area contributed by atoms with E-state index in [2.05, 4.69) is 34.5 Å². The molecule has 1 aliphatic heterocycles. The van der Waals surface area contributed by atoms with Gasteiger partial charge in [0.05, 0.1) is 16.9 Å². The summed E-state index contributed by atoms with van der Waals surface area (Å²) >= 11 is 0. The van der Waals surface area contributed by atoms with Crippen LogP contribution in [0.2, 0.25) is 0 Å². The van der Waals surface area contributed by atoms with Crippen LogP contribution in [-0.2, 0) is 0 Å². The molecule has 0 spiro atoms. The first kappa shape index (κ1) is 22.4. The van der Waals surface area contributed by atoms with Crippen molar-refractivity contribution in [2.45, 2.75) is 44.6 Å². The van der Waals surface area contributed by atoms with Gasteiger partial charge < -0.3 is 16.0 Å². The predicted octanol–water partition coefficient (Wildman–Crippen LogP) is 5.08. The molecule has 7 heteroatoms. The Balaban J connectivity index is 1.44. The fraction of sp³-hybridized carbons (Fsp3) is 0.407. The average molecular weight is 459 g/mol. The van der Waals surface area contributed by atoms with Gasteiger partial charge in [0.1, 0.15) is 17.7 Å². The van der Waals surface area contributed by atoms with Crippen LogP contribution in [0.4, 0.5) is 15.9 Å². The summed E-state index contributed by atoms with van der Waals surface area (Å²) in [5, 5.41) is 17.4. The van der Waals surface area contributed by atoms with E-state index in [-0.39, 0.29) is 11.6 Å². The Bertz CT molecular complexity index is 1170. The molecule has 0 radical (unpaired) electrons. The van der Waals surface area contributed by atoms with Gasteiger partial charge in [-0.3, -0.25) is 0 Å². The Morgan fingerprint density at radius 1 is 1.03 bits per heavy atom. The Labute approximate surface area is 200 Å². The number of nitrogens with one attached hydrogen (secondary N) is 1. The zero-order chi connectivity index (χ0) is 23.5. The lowest BCUT2D eigenvalue weighted by atomic mass is 9.86. The largest absolute Gasteiger partial charge is 0.372 e. The second kappa shape index (κ2) is 9.86. The maximum atomic E-state index is 14.4. The van der Waals surface area contributed by atoms with Crippen molar-refractivity contribution in [3.63, 3.8) is 0 Å². The first-order valence-electron chi connectivity index (χ1n) is 12.3. The lowest BCUT2D eigenvalue weighted by molar-refractivity contribution is 0.335. The minimum Gasteiger partial charge on any atom is -0.372 e. The van der Waals surface area contributed by atoms with Gasteiger partial charge in [0.2, 0.25) is 0 Å². The maximum Gasteiger partial charge on any atom is 0.149 e. The van der Waals surface area contributed by atoms with Gasteiger partial charge in [-0.05, 0) is 74.4 Å². The number of nitrogens with two attached hydrogens (primary N) is 1. The highest BCUT2D eigenvalue weighted by Crippen LogP contribution is 2.30. The van der Waals surface area contributed by atoms with Crippen molar-refractivity contribution in [1.82, 2.24) is 9.78 Å². The van der Waals surface area contributed by atoms with E-state index in [0.29, 0.717) is 11.5 Å². The number of rotatable bonds is 6. The van der Waals surface area contributed by atoms with Gasteiger partial charge in [-0.25, -0.2) is 9.07 Å². The van der Waals surface area contributed by atoms with Crippen LogP contribution >= 0.6 is 0 Å². The van der Waals surface area contributed by atoms with Gasteiger partial charge in [0.15, 0.2) is 0 Å². The molecule has 1 saturated heterocycles. The van der Waals surface area contributed by atoms with Crippen LogP contribution in [0.1, 0.15) is 44.1 Å². The standard InChI is InChI=1S/C27H31FN6/c28-25-15-20(6-7-21(25)17-29)26-16-27(31-18-19-4-3-5-22(30)14-19)32-34(26)24-10-8-23(9-11-24)33-12-1-2-13-33/h6-11,15-16,19,22H,1-5,12-14,18,30H2,(H,31,32)/t19-,22-/m0/s1. The summed E-state index contributed by atoms with van der Waals surface area (Å²) in [4.78, 5) is 2.39. The summed E-state index contributed by atoms with van der Waals surface area (Å²) in [6, 6.07) is 17.2. The van der Waals surface area contributed by atoms with E-state index in [1.54, 1.807) is 6.07 Å². The molecule has 176 valence electrons. The predicted molar refractivity (Wildman–Crippen MR) is 134 cm³/mol. The first-order chi connectivity index (χ1) is 16.6. The third kappa shape index (κ3) is 4.78. The highest BCUT2D eigenvalue weighted by Gasteiger charge is 2.20. The Kier molecular flexibility index (Phi) is 6.50. The van der Waals surface area contributed by atoms with E-state index < -0.39 is 5.82 Å². The first-order valence-corrected chi connectivity index (χ1v) is 12.3. The zero-order valence-electron chi connectivity index (χ0n) is 19.4. The molecular weight excluding hydrogens is 427 g/mol. The summed E-state index contributed by atoms with van der Waals surface area (Å²) in [6.07, 6.45) is 6.94. The van der Waals surface area contributed by atoms with E-state index >= 15 is 0 Å². The smallest absolute Gasteiger partial charge is 0.149 e. The lowest BCUT2D eigenvalue weighted by Crippen LogP contribution is -2.31. The van der Waals surface area contributed by atoms with Gasteiger partial charge in [0, 0.05) is 43.0 Å². The summed E-state index contributed by atoms with van der Waals surface area (Å²) < 4.78 is 16.3. The molecule has 0 bridgehead atoms. The van der Waals surface area contributed by atoms with Crippen LogP contribution in [0.5, 0.6) is 0 Å². The Morgan fingerprint density at radius 2 is 1.79 bits per heavy atom. The van der Waals surface area contributed by atoms with Crippen LogP contribution < -0.4 is 16.0 Å². The van der Waals surface area contributed by atoms with E-state index in [4.69, 9.17) is 16.1 Å². The third-order valence-corrected chi connectivity index (χ3v) is 7.06. The van der Waals surface area contributed by atoms with Crippen molar-refractivity contribution >= 4 is 11.5 Å². The van der Waals surface area contributed by atoms with Gasteiger partial charge >= 0.3 is 0 Å². The van der Waals surface area contributed by atoms with Crippen molar-refractivity contribution in [1.29, 1.82) is 5.26 Å². The minimum atomic E-state index is -0.525. The monoisotopic (exact) mass is 458 g/mol. The fourth-order valence-corrected chi connectivity index (χ4v) is 5.18. The zero-order valence-corrected chi connectivity index (χ0v) is 19.4. The van der Waals surface area contributed by atoms with E-state index in [0.717, 1.165) is 49.7 Å². The van der Waals surface area contributed by atoms with E-state index in [9.17, 15) is 4.39 Å². The summed E-state index contributed by atoms with van der Waals surface area (Å²) in [6.45, 7) is 3.01. The molecule has 2 fully saturated rings. The quantitative estimate of drug-likeness (QED) is 0.538. The normalized spacial score (nSPS) is 20.3. The Hall–Kier alpha value is -3.37. The molecule has 2 aliphatic rings. The maximum absolute atomic E-state index is 14.4. The van der Waals surface area contributed by atoms with Crippen molar-refractivity contribution in [2.24, 2.45) is 11.7 Å². The molecule has 1 aromatic heterocycles. The topological polar surface area (TPSA) is 82.9 Å². The molecular formula is C27H31FN6. The number of aromatic nitrogens is 2. The summed E-state index contributed by atoms with van der Waals surface area (Å²) in [7, 11) is 0. The molecule has 0 unspecified atom stereocenters. The molecule has 6 nitrogen and oxygen atoms in total. The Morgan fingerprint density at radius 3 is 2.50 bits per heavy atom. The number of halogens is 1. The summed E-state index contributed by atoms with van der Waals surface area (Å²) in [5.74, 6) is 0.759. The lowest BCUT2D eigenvalue weighted by Gasteiger charge is -2.26. The summed E-state index contributed by atoms with van der Waals surface area (Å²) in [5.41, 5.74) is 9.78. The number of nitriles is 1.